The molecular formula is C23H43NO. The molecule has 1 saturated heterocycles. The van der Waals surface area contributed by atoms with Crippen LogP contribution in [0.5, 0.6) is 0 Å². The Morgan fingerprint density at radius 1 is 0.720 bits per heavy atom. The number of allylic oxidation sites excluding steroid dienone is 1. The SMILES string of the molecule is CCCCCCCCCCCCCCCC(=O)/C=C/N1CCCCC1. The molecule has 1 heterocycles. The zero-order chi connectivity index (χ0) is 18.0. The summed E-state index contributed by atoms with van der Waals surface area (Å²) in [6.45, 7) is 4.54. The molecule has 0 amide bonds. The molecule has 1 rings (SSSR count). The number of unbranched alkanes of at least 4 members (excludes halogenated alkanes) is 12. The minimum Gasteiger partial charge on any atom is -0.377 e. The third kappa shape index (κ3) is 14.1. The van der Waals surface area contributed by atoms with Crippen molar-refractivity contribution in [1.29, 1.82) is 0 Å². The van der Waals surface area contributed by atoms with Crippen LogP contribution in [0, 0.1) is 0 Å². The minimum absolute atomic E-state index is 0.314. The molecule has 1 fully saturated rings. The Bertz CT molecular complexity index is 331. The Morgan fingerprint density at radius 2 is 1.20 bits per heavy atom. The fourth-order valence-electron chi connectivity index (χ4n) is 3.66. The number of carbonyl (C=O) groups is 1. The molecule has 0 N–H and O–H groups in total. The van der Waals surface area contributed by atoms with Crippen LogP contribution in [0.25, 0.3) is 0 Å². The van der Waals surface area contributed by atoms with Crippen LogP contribution in [0.2, 0.25) is 0 Å². The van der Waals surface area contributed by atoms with E-state index in [1.807, 2.05) is 12.3 Å². The topological polar surface area (TPSA) is 20.3 Å². The molecule has 2 heteroatoms. The number of hydrogen-bond acceptors (Lipinski definition) is 2. The Morgan fingerprint density at radius 3 is 1.72 bits per heavy atom. The van der Waals surface area contributed by atoms with Crippen molar-refractivity contribution < 1.29 is 4.79 Å². The molecular weight excluding hydrogens is 306 g/mol. The Balaban J connectivity index is 1.80. The third-order valence-corrected chi connectivity index (χ3v) is 5.39. The smallest absolute Gasteiger partial charge is 0.157 e. The van der Waals surface area contributed by atoms with Crippen molar-refractivity contribution in [2.75, 3.05) is 13.1 Å². The van der Waals surface area contributed by atoms with Crippen molar-refractivity contribution in [3.05, 3.63) is 12.3 Å². The van der Waals surface area contributed by atoms with Crippen LogP contribution in [0.4, 0.5) is 0 Å². The van der Waals surface area contributed by atoms with Gasteiger partial charge in [0.05, 0.1) is 0 Å². The predicted molar refractivity (Wildman–Crippen MR) is 110 cm³/mol. The maximum atomic E-state index is 11.9. The normalized spacial score (nSPS) is 15.2. The Kier molecular flexibility index (Phi) is 14.8. The van der Waals surface area contributed by atoms with E-state index in [0.717, 1.165) is 25.9 Å². The number of ketones is 1. The first-order chi connectivity index (χ1) is 12.3. The number of likely N-dealkylation sites (tertiary alicyclic amines) is 1. The quantitative estimate of drug-likeness (QED) is 0.220. The second kappa shape index (κ2) is 16.7. The van der Waals surface area contributed by atoms with Crippen molar-refractivity contribution >= 4 is 5.78 Å². The summed E-state index contributed by atoms with van der Waals surface area (Å²) in [5.41, 5.74) is 0. The lowest BCUT2D eigenvalue weighted by Gasteiger charge is -2.24. The van der Waals surface area contributed by atoms with Gasteiger partial charge >= 0.3 is 0 Å². The molecule has 1 aliphatic heterocycles. The summed E-state index contributed by atoms with van der Waals surface area (Å²) in [4.78, 5) is 14.2. The first kappa shape index (κ1) is 22.3. The van der Waals surface area contributed by atoms with Crippen molar-refractivity contribution in [3.8, 4) is 0 Å². The molecule has 0 radical (unpaired) electrons. The summed E-state index contributed by atoms with van der Waals surface area (Å²) in [5, 5.41) is 0. The van der Waals surface area contributed by atoms with Crippen LogP contribution in [0.15, 0.2) is 12.3 Å². The average Bonchev–Trinajstić information content (AvgIpc) is 2.64. The third-order valence-electron chi connectivity index (χ3n) is 5.39. The van der Waals surface area contributed by atoms with Crippen LogP contribution >= 0.6 is 0 Å². The molecule has 2 nitrogen and oxygen atoms in total. The molecule has 0 spiro atoms. The molecule has 0 unspecified atom stereocenters. The van der Waals surface area contributed by atoms with E-state index in [1.54, 1.807) is 0 Å². The first-order valence-corrected chi connectivity index (χ1v) is 11.3. The average molecular weight is 350 g/mol. The molecule has 1 aliphatic rings. The molecule has 0 aromatic rings. The minimum atomic E-state index is 0.314. The van der Waals surface area contributed by atoms with E-state index in [2.05, 4.69) is 11.8 Å². The van der Waals surface area contributed by atoms with Gasteiger partial charge in [0.25, 0.3) is 0 Å². The molecule has 0 saturated carbocycles. The van der Waals surface area contributed by atoms with Gasteiger partial charge in [-0.3, -0.25) is 4.79 Å². The summed E-state index contributed by atoms with van der Waals surface area (Å²) in [6.07, 6.45) is 26.1. The first-order valence-electron chi connectivity index (χ1n) is 11.3. The van der Waals surface area contributed by atoms with Gasteiger partial charge in [0, 0.05) is 25.7 Å². The zero-order valence-corrected chi connectivity index (χ0v) is 16.9. The summed E-state index contributed by atoms with van der Waals surface area (Å²) in [5.74, 6) is 0.314. The molecule has 25 heavy (non-hydrogen) atoms. The number of carbonyl (C=O) groups excluding carboxylic acids is 1. The van der Waals surface area contributed by atoms with Gasteiger partial charge < -0.3 is 4.90 Å². The monoisotopic (exact) mass is 349 g/mol. The van der Waals surface area contributed by atoms with Crippen molar-refractivity contribution in [1.82, 2.24) is 4.90 Å². The van der Waals surface area contributed by atoms with Gasteiger partial charge in [0.2, 0.25) is 0 Å². The van der Waals surface area contributed by atoms with Gasteiger partial charge in [-0.1, -0.05) is 84.0 Å². The van der Waals surface area contributed by atoms with Crippen molar-refractivity contribution in [3.63, 3.8) is 0 Å². The molecule has 146 valence electrons. The van der Waals surface area contributed by atoms with Gasteiger partial charge in [-0.2, -0.15) is 0 Å². The molecule has 0 atom stereocenters. The molecule has 0 aromatic heterocycles. The van der Waals surface area contributed by atoms with Crippen molar-refractivity contribution in [2.45, 2.75) is 116 Å². The van der Waals surface area contributed by atoms with E-state index in [1.165, 1.54) is 96.3 Å². The van der Waals surface area contributed by atoms with Crippen LogP contribution in [-0.4, -0.2) is 23.8 Å². The fourth-order valence-corrected chi connectivity index (χ4v) is 3.66. The maximum absolute atomic E-state index is 11.9. The number of hydrogen-bond donors (Lipinski definition) is 0. The van der Waals surface area contributed by atoms with E-state index in [4.69, 9.17) is 0 Å². The van der Waals surface area contributed by atoms with Crippen LogP contribution in [0.3, 0.4) is 0 Å². The molecule has 0 bridgehead atoms. The van der Waals surface area contributed by atoms with E-state index in [-0.39, 0.29) is 0 Å². The lowest BCUT2D eigenvalue weighted by atomic mass is 10.0. The molecule has 0 aromatic carbocycles. The number of nitrogens with zero attached hydrogens (tertiary/aromatic N) is 1. The van der Waals surface area contributed by atoms with Crippen LogP contribution in [-0.2, 0) is 4.79 Å². The lowest BCUT2D eigenvalue weighted by Crippen LogP contribution is -2.24. The highest BCUT2D eigenvalue weighted by molar-refractivity contribution is 5.89. The highest BCUT2D eigenvalue weighted by Gasteiger charge is 2.05. The maximum Gasteiger partial charge on any atom is 0.157 e. The second-order valence-corrected chi connectivity index (χ2v) is 7.87. The van der Waals surface area contributed by atoms with E-state index < -0.39 is 0 Å². The van der Waals surface area contributed by atoms with Gasteiger partial charge in [-0.05, 0) is 31.8 Å². The highest BCUT2D eigenvalue weighted by Crippen LogP contribution is 2.13. The summed E-state index contributed by atoms with van der Waals surface area (Å²) in [6, 6.07) is 0. The Labute approximate surface area is 157 Å². The second-order valence-electron chi connectivity index (χ2n) is 7.87. The predicted octanol–water partition coefficient (Wildman–Crippen LogP) is 7.04. The summed E-state index contributed by atoms with van der Waals surface area (Å²) < 4.78 is 0. The zero-order valence-electron chi connectivity index (χ0n) is 16.9. The van der Waals surface area contributed by atoms with Gasteiger partial charge in [-0.25, -0.2) is 0 Å². The summed E-state index contributed by atoms with van der Waals surface area (Å²) >= 11 is 0. The van der Waals surface area contributed by atoms with Gasteiger partial charge in [0.15, 0.2) is 5.78 Å². The molecule has 0 aliphatic carbocycles. The van der Waals surface area contributed by atoms with Crippen LogP contribution < -0.4 is 0 Å². The number of piperidine rings is 1. The van der Waals surface area contributed by atoms with E-state index in [9.17, 15) is 4.79 Å². The van der Waals surface area contributed by atoms with E-state index >= 15 is 0 Å². The standard InChI is InChI=1S/C23H43NO/c1-2-3-4-5-6-7-8-9-10-11-12-13-15-18-23(25)19-22-24-20-16-14-17-21-24/h19,22H,2-18,20-21H2,1H3/b22-19+. The number of rotatable bonds is 16. The highest BCUT2D eigenvalue weighted by atomic mass is 16.1. The lowest BCUT2D eigenvalue weighted by molar-refractivity contribution is -0.114. The largest absolute Gasteiger partial charge is 0.377 e. The van der Waals surface area contributed by atoms with Crippen molar-refractivity contribution in [2.24, 2.45) is 0 Å². The van der Waals surface area contributed by atoms with Gasteiger partial charge in [0.1, 0.15) is 0 Å². The van der Waals surface area contributed by atoms with Crippen LogP contribution in [0.1, 0.15) is 116 Å². The Hall–Kier alpha value is -0.790. The fraction of sp³-hybridized carbons (Fsp3) is 0.870. The summed E-state index contributed by atoms with van der Waals surface area (Å²) in [7, 11) is 0. The van der Waals surface area contributed by atoms with Gasteiger partial charge in [-0.15, -0.1) is 0 Å². The van der Waals surface area contributed by atoms with E-state index in [0.29, 0.717) is 5.78 Å².